The van der Waals surface area contributed by atoms with Crippen molar-refractivity contribution in [3.05, 3.63) is 88.1 Å². The average molecular weight is 527 g/mol. The van der Waals surface area contributed by atoms with Gasteiger partial charge in [0.05, 0.1) is 6.54 Å². The summed E-state index contributed by atoms with van der Waals surface area (Å²) in [6.45, 7) is 3.82. The van der Waals surface area contributed by atoms with Crippen molar-refractivity contribution in [2.45, 2.75) is 33.1 Å². The highest BCUT2D eigenvalue weighted by molar-refractivity contribution is 5.82. The SMILES string of the molecule is CNC(=O)C(F)(F)Oc1ccc(-c2cccc(COc3ccc(CN4OC(=O)CN4[O-])cc3)c2C)c(C)c1. The van der Waals surface area contributed by atoms with E-state index in [4.69, 9.17) is 9.57 Å². The number of halogens is 2. The van der Waals surface area contributed by atoms with E-state index in [9.17, 15) is 23.6 Å². The van der Waals surface area contributed by atoms with E-state index < -0.39 is 18.0 Å². The van der Waals surface area contributed by atoms with Gasteiger partial charge < -0.3 is 24.8 Å². The molecule has 1 amide bonds. The van der Waals surface area contributed by atoms with Gasteiger partial charge in [0, 0.05) is 7.05 Å². The largest absolute Gasteiger partial charge is 0.769 e. The molecular weight excluding hydrogens is 500 g/mol. The Labute approximate surface area is 218 Å². The van der Waals surface area contributed by atoms with E-state index in [2.05, 4.69) is 4.74 Å². The van der Waals surface area contributed by atoms with Crippen molar-refractivity contribution in [1.82, 2.24) is 15.7 Å². The Balaban J connectivity index is 1.43. The summed E-state index contributed by atoms with van der Waals surface area (Å²) in [5, 5.41) is 14.9. The second-order valence-electron chi connectivity index (χ2n) is 8.68. The fourth-order valence-electron chi connectivity index (χ4n) is 3.97. The highest BCUT2D eigenvalue weighted by Crippen LogP contribution is 2.33. The van der Waals surface area contributed by atoms with Crippen LogP contribution in [0.5, 0.6) is 11.5 Å². The van der Waals surface area contributed by atoms with Gasteiger partial charge in [0.2, 0.25) is 0 Å². The molecule has 0 atom stereocenters. The number of benzene rings is 3. The fraction of sp³-hybridized carbons (Fsp3) is 0.259. The summed E-state index contributed by atoms with van der Waals surface area (Å²) in [7, 11) is 1.11. The zero-order valence-electron chi connectivity index (χ0n) is 21.0. The molecule has 38 heavy (non-hydrogen) atoms. The summed E-state index contributed by atoms with van der Waals surface area (Å²) in [5.41, 5.74) is 5.10. The maximum Gasteiger partial charge on any atom is 0.482 e. The second kappa shape index (κ2) is 11.1. The normalized spacial score (nSPS) is 14.3. The van der Waals surface area contributed by atoms with Crippen LogP contribution in [0, 0.1) is 19.1 Å². The number of hydrogen-bond donors (Lipinski definition) is 1. The average Bonchev–Trinajstić information content (AvgIpc) is 3.20. The number of hydroxylamine groups is 2. The van der Waals surface area contributed by atoms with Crippen LogP contribution in [0.1, 0.15) is 22.3 Å². The quantitative estimate of drug-likeness (QED) is 0.441. The number of amides is 1. The topological polar surface area (TPSA) is 103 Å². The summed E-state index contributed by atoms with van der Waals surface area (Å²) in [6, 6.07) is 17.4. The Morgan fingerprint density at radius 3 is 2.42 bits per heavy atom. The first-order valence-electron chi connectivity index (χ1n) is 11.7. The fourth-order valence-corrected chi connectivity index (χ4v) is 3.97. The van der Waals surface area contributed by atoms with E-state index in [-0.39, 0.29) is 25.4 Å². The Morgan fingerprint density at radius 2 is 1.79 bits per heavy atom. The third kappa shape index (κ3) is 6.08. The Morgan fingerprint density at radius 1 is 1.08 bits per heavy atom. The zero-order chi connectivity index (χ0) is 27.4. The molecule has 200 valence electrons. The number of nitrogens with zero attached hydrogens (tertiary/aromatic N) is 2. The van der Waals surface area contributed by atoms with Crippen LogP contribution in [0.2, 0.25) is 0 Å². The summed E-state index contributed by atoms with van der Waals surface area (Å²) < 4.78 is 38.3. The molecular formula is C27H26F2N3O6-. The van der Waals surface area contributed by atoms with Crippen LogP contribution in [0.15, 0.2) is 60.7 Å². The molecule has 9 nitrogen and oxygen atoms in total. The van der Waals surface area contributed by atoms with E-state index in [0.29, 0.717) is 16.5 Å². The molecule has 3 aromatic carbocycles. The molecule has 3 aromatic rings. The van der Waals surface area contributed by atoms with Crippen LogP contribution in [0.3, 0.4) is 0 Å². The number of ether oxygens (including phenoxy) is 2. The molecule has 1 aliphatic heterocycles. The summed E-state index contributed by atoms with van der Waals surface area (Å²) in [6.07, 6.45) is -3.98. The van der Waals surface area contributed by atoms with Gasteiger partial charge in [-0.25, -0.2) is 4.79 Å². The Kier molecular flexibility index (Phi) is 7.91. The molecule has 1 heterocycles. The molecule has 0 aliphatic carbocycles. The van der Waals surface area contributed by atoms with Crippen molar-refractivity contribution in [2.24, 2.45) is 0 Å². The predicted molar refractivity (Wildman–Crippen MR) is 133 cm³/mol. The van der Waals surface area contributed by atoms with E-state index in [0.717, 1.165) is 40.0 Å². The molecule has 0 aromatic heterocycles. The van der Waals surface area contributed by atoms with Crippen molar-refractivity contribution >= 4 is 11.9 Å². The maximum atomic E-state index is 13.9. The van der Waals surface area contributed by atoms with E-state index in [1.54, 1.807) is 37.3 Å². The third-order valence-electron chi connectivity index (χ3n) is 6.03. The molecule has 0 unspecified atom stereocenters. The number of hydrazine groups is 1. The van der Waals surface area contributed by atoms with Gasteiger partial charge >= 0.3 is 18.0 Å². The van der Waals surface area contributed by atoms with Crippen LogP contribution in [0.25, 0.3) is 11.1 Å². The minimum atomic E-state index is -3.98. The molecule has 0 spiro atoms. The van der Waals surface area contributed by atoms with E-state index in [1.165, 1.54) is 12.1 Å². The summed E-state index contributed by atoms with van der Waals surface area (Å²) in [4.78, 5) is 27.4. The Bertz CT molecular complexity index is 1330. The molecule has 11 heteroatoms. The highest BCUT2D eigenvalue weighted by atomic mass is 19.3. The Hall–Kier alpha value is -4.06. The van der Waals surface area contributed by atoms with E-state index in [1.807, 2.05) is 30.4 Å². The molecule has 1 saturated heterocycles. The predicted octanol–water partition coefficient (Wildman–Crippen LogP) is 4.26. The first-order chi connectivity index (χ1) is 18.1. The van der Waals surface area contributed by atoms with Crippen LogP contribution in [-0.4, -0.2) is 41.9 Å². The van der Waals surface area contributed by atoms with Crippen molar-refractivity contribution in [3.63, 3.8) is 0 Å². The standard InChI is InChI=1S/C27H26F2N3O6/c1-17-13-22(37-27(28,29)26(34)30-3)11-12-23(17)24-6-4-5-20(18(24)2)16-36-21-9-7-19(8-10-21)14-32-31(35)15-25(33)38-32/h4-13H,14-16H2,1-3H3,(H,30,34)/q-1. The number of carbonyl (C=O) groups excluding carboxylic acids is 2. The number of alkyl halides is 2. The van der Waals surface area contributed by atoms with Gasteiger partial charge in [0.25, 0.3) is 0 Å². The summed E-state index contributed by atoms with van der Waals surface area (Å²) >= 11 is 0. The lowest BCUT2D eigenvalue weighted by Gasteiger charge is -2.28. The zero-order valence-corrected chi connectivity index (χ0v) is 21.0. The van der Waals surface area contributed by atoms with Gasteiger partial charge in [-0.3, -0.25) is 9.97 Å². The van der Waals surface area contributed by atoms with Crippen molar-refractivity contribution < 1.29 is 32.7 Å². The maximum absolute atomic E-state index is 13.9. The minimum absolute atomic E-state index is 0.119. The lowest BCUT2D eigenvalue weighted by molar-refractivity contribution is -0.212. The number of likely N-dealkylation sites (N-methyl/N-ethyl adjacent to an activating group) is 1. The van der Waals surface area contributed by atoms with Gasteiger partial charge in [-0.15, -0.1) is 0 Å². The number of aryl methyl sites for hydroxylation is 1. The monoisotopic (exact) mass is 526 g/mol. The van der Waals surface area contributed by atoms with Crippen molar-refractivity contribution in [3.8, 4) is 22.6 Å². The van der Waals surface area contributed by atoms with Crippen LogP contribution in [-0.2, 0) is 27.6 Å². The molecule has 0 radical (unpaired) electrons. The van der Waals surface area contributed by atoms with Gasteiger partial charge in [-0.1, -0.05) is 41.6 Å². The van der Waals surface area contributed by atoms with Crippen LogP contribution >= 0.6 is 0 Å². The van der Waals surface area contributed by atoms with Crippen molar-refractivity contribution in [1.29, 1.82) is 0 Å². The first kappa shape index (κ1) is 27.0. The lowest BCUT2D eigenvalue weighted by Crippen LogP contribution is -2.42. The molecule has 0 saturated carbocycles. The third-order valence-corrected chi connectivity index (χ3v) is 6.03. The van der Waals surface area contributed by atoms with E-state index >= 15 is 0 Å². The minimum Gasteiger partial charge on any atom is -0.769 e. The molecule has 4 rings (SSSR count). The number of nitrogens with one attached hydrogen (secondary N) is 1. The first-order valence-corrected chi connectivity index (χ1v) is 11.7. The van der Waals surface area contributed by atoms with Gasteiger partial charge in [-0.05, 0) is 71.5 Å². The molecule has 1 N–H and O–H groups in total. The van der Waals surface area contributed by atoms with Crippen LogP contribution in [0.4, 0.5) is 8.78 Å². The summed E-state index contributed by atoms with van der Waals surface area (Å²) in [5.74, 6) is -1.62. The smallest absolute Gasteiger partial charge is 0.482 e. The van der Waals surface area contributed by atoms with Gasteiger partial charge in [0.1, 0.15) is 24.7 Å². The molecule has 1 fully saturated rings. The number of rotatable bonds is 9. The molecule has 1 aliphatic rings. The highest BCUT2D eigenvalue weighted by Gasteiger charge is 2.41. The lowest BCUT2D eigenvalue weighted by atomic mass is 9.93. The number of hydrogen-bond acceptors (Lipinski definition) is 8. The molecule has 0 bridgehead atoms. The number of carbonyl (C=O) groups is 2. The second-order valence-corrected chi connectivity index (χ2v) is 8.68. The van der Waals surface area contributed by atoms with Crippen LogP contribution < -0.4 is 14.8 Å². The van der Waals surface area contributed by atoms with Gasteiger partial charge in [0.15, 0.2) is 0 Å². The van der Waals surface area contributed by atoms with Gasteiger partial charge in [-0.2, -0.15) is 8.78 Å². The van der Waals surface area contributed by atoms with Crippen molar-refractivity contribution in [2.75, 3.05) is 13.6 Å².